The maximum Gasteiger partial charge on any atom is 0.338 e. The third-order valence-corrected chi connectivity index (χ3v) is 6.68. The number of carbonyl (C=O) groups excluding carboxylic acids is 2. The molecule has 0 unspecified atom stereocenters. The van der Waals surface area contributed by atoms with Crippen LogP contribution in [0.3, 0.4) is 0 Å². The van der Waals surface area contributed by atoms with Crippen LogP contribution in [0.15, 0.2) is 63.5 Å². The number of thiazole rings is 1. The fourth-order valence-corrected chi connectivity index (χ4v) is 5.04. The standard InChI is InChI=1S/C26H24N2O7S/c1-5-35-25(32)21-14(2)27-26-28(22(21)18-11-10-17(33-3)13-19(18)34-4)23(29)20(36-26)12-15-6-8-16(9-7-15)24(30)31/h6-13,22H,5H2,1-4H3,(H,30,31)/p-1/b20-12-/t22-/m1/s1. The van der Waals surface area contributed by atoms with Crippen molar-refractivity contribution in [2.45, 2.75) is 19.9 Å². The van der Waals surface area contributed by atoms with E-state index in [2.05, 4.69) is 4.99 Å². The molecule has 0 amide bonds. The van der Waals surface area contributed by atoms with Crippen LogP contribution in [0.5, 0.6) is 11.5 Å². The number of allylic oxidation sites excluding steroid dienone is 1. The van der Waals surface area contributed by atoms with Crippen LogP contribution in [0.4, 0.5) is 0 Å². The molecule has 1 aliphatic heterocycles. The lowest BCUT2D eigenvalue weighted by Crippen LogP contribution is -2.40. The largest absolute Gasteiger partial charge is 0.545 e. The number of hydrogen-bond acceptors (Lipinski definition) is 9. The summed E-state index contributed by atoms with van der Waals surface area (Å²) in [5, 5.41) is 11.0. The number of aromatic nitrogens is 1. The van der Waals surface area contributed by atoms with Gasteiger partial charge in [0.25, 0.3) is 5.56 Å². The van der Waals surface area contributed by atoms with E-state index < -0.39 is 18.0 Å². The topological polar surface area (TPSA) is 119 Å². The van der Waals surface area contributed by atoms with Gasteiger partial charge in [0.2, 0.25) is 0 Å². The molecule has 0 saturated heterocycles. The molecule has 0 aliphatic carbocycles. The van der Waals surface area contributed by atoms with Crippen LogP contribution in [0.2, 0.25) is 0 Å². The van der Waals surface area contributed by atoms with E-state index in [4.69, 9.17) is 14.2 Å². The van der Waals surface area contributed by atoms with Gasteiger partial charge in [-0.15, -0.1) is 0 Å². The third kappa shape index (κ3) is 4.55. The Morgan fingerprint density at radius 2 is 1.86 bits per heavy atom. The summed E-state index contributed by atoms with van der Waals surface area (Å²) in [6, 6.07) is 10.3. The van der Waals surface area contributed by atoms with Gasteiger partial charge in [-0.05, 0) is 43.2 Å². The van der Waals surface area contributed by atoms with Crippen LogP contribution < -0.4 is 29.5 Å². The molecule has 2 heterocycles. The van der Waals surface area contributed by atoms with Crippen molar-refractivity contribution >= 4 is 29.4 Å². The molecule has 1 aliphatic rings. The number of fused-ring (bicyclic) bond motifs is 1. The highest BCUT2D eigenvalue weighted by molar-refractivity contribution is 7.07. The second kappa shape index (κ2) is 10.2. The molecule has 4 rings (SSSR count). The summed E-state index contributed by atoms with van der Waals surface area (Å²) in [4.78, 5) is 42.7. The number of hydrogen-bond donors (Lipinski definition) is 0. The predicted octanol–water partition coefficient (Wildman–Crippen LogP) is 1.18. The lowest BCUT2D eigenvalue weighted by atomic mass is 9.95. The van der Waals surface area contributed by atoms with Crippen LogP contribution in [-0.4, -0.2) is 37.3 Å². The highest BCUT2D eigenvalue weighted by atomic mass is 32.1. The van der Waals surface area contributed by atoms with Gasteiger partial charge in [0.15, 0.2) is 4.80 Å². The van der Waals surface area contributed by atoms with Crippen molar-refractivity contribution in [3.63, 3.8) is 0 Å². The molecule has 0 bridgehead atoms. The Kier molecular flexibility index (Phi) is 7.07. The summed E-state index contributed by atoms with van der Waals surface area (Å²) in [6.45, 7) is 3.57. The third-order valence-electron chi connectivity index (χ3n) is 5.70. The average molecular weight is 508 g/mol. The quantitative estimate of drug-likeness (QED) is 0.441. The predicted molar refractivity (Wildman–Crippen MR) is 131 cm³/mol. The maximum atomic E-state index is 13.7. The zero-order valence-electron chi connectivity index (χ0n) is 20.1. The Morgan fingerprint density at radius 1 is 1.14 bits per heavy atom. The Balaban J connectivity index is 1.95. The molecule has 0 fully saturated rings. The Morgan fingerprint density at radius 3 is 2.47 bits per heavy atom. The fraction of sp³-hybridized carbons (Fsp3) is 0.231. The van der Waals surface area contributed by atoms with Crippen LogP contribution >= 0.6 is 11.3 Å². The zero-order chi connectivity index (χ0) is 26.0. The van der Waals surface area contributed by atoms with Gasteiger partial charge in [0.1, 0.15) is 17.5 Å². The number of nitrogens with zero attached hydrogens (tertiary/aromatic N) is 2. The van der Waals surface area contributed by atoms with E-state index in [0.717, 1.165) is 0 Å². The first-order valence-electron chi connectivity index (χ1n) is 11.0. The summed E-state index contributed by atoms with van der Waals surface area (Å²) >= 11 is 1.17. The number of esters is 1. The number of benzene rings is 2. The average Bonchev–Trinajstić information content (AvgIpc) is 3.17. The minimum absolute atomic E-state index is 0.0370. The number of carbonyl (C=O) groups is 2. The zero-order valence-corrected chi connectivity index (χ0v) is 20.9. The molecular formula is C26H23N2O7S-. The lowest BCUT2D eigenvalue weighted by molar-refractivity contribution is -0.255. The minimum Gasteiger partial charge on any atom is -0.545 e. The van der Waals surface area contributed by atoms with Crippen LogP contribution in [0.25, 0.3) is 6.08 Å². The molecule has 0 radical (unpaired) electrons. The first-order chi connectivity index (χ1) is 17.3. The second-order valence-corrected chi connectivity index (χ2v) is 8.83. The van der Waals surface area contributed by atoms with E-state index in [-0.39, 0.29) is 23.3 Å². The van der Waals surface area contributed by atoms with Gasteiger partial charge in [-0.1, -0.05) is 35.6 Å². The number of carboxylic acid groups (broad SMARTS) is 1. The van der Waals surface area contributed by atoms with Gasteiger partial charge in [-0.25, -0.2) is 9.79 Å². The number of rotatable bonds is 7. The first kappa shape index (κ1) is 24.9. The number of carboxylic acids is 1. The summed E-state index contributed by atoms with van der Waals surface area (Å²) in [6.07, 6.45) is 1.65. The molecular weight excluding hydrogens is 484 g/mol. The summed E-state index contributed by atoms with van der Waals surface area (Å²) < 4.78 is 18.0. The monoisotopic (exact) mass is 507 g/mol. The summed E-state index contributed by atoms with van der Waals surface area (Å²) in [5.74, 6) is -0.866. The van der Waals surface area contributed by atoms with E-state index in [9.17, 15) is 19.5 Å². The van der Waals surface area contributed by atoms with E-state index in [1.54, 1.807) is 50.3 Å². The van der Waals surface area contributed by atoms with Gasteiger partial charge in [-0.3, -0.25) is 9.36 Å². The molecule has 3 aromatic rings. The van der Waals surface area contributed by atoms with Crippen molar-refractivity contribution < 1.29 is 28.9 Å². The number of ether oxygens (including phenoxy) is 3. The van der Waals surface area contributed by atoms with Crippen LogP contribution in [0, 0.1) is 0 Å². The van der Waals surface area contributed by atoms with E-state index in [1.165, 1.54) is 42.3 Å². The summed E-state index contributed by atoms with van der Waals surface area (Å²) in [5.41, 5.74) is 1.54. The van der Waals surface area contributed by atoms with Crippen molar-refractivity contribution in [3.8, 4) is 11.5 Å². The van der Waals surface area contributed by atoms with Crippen LogP contribution in [-0.2, 0) is 9.53 Å². The molecule has 36 heavy (non-hydrogen) atoms. The molecule has 0 N–H and O–H groups in total. The molecule has 0 spiro atoms. The normalized spacial score (nSPS) is 15.2. The highest BCUT2D eigenvalue weighted by Gasteiger charge is 2.35. The maximum absolute atomic E-state index is 13.7. The molecule has 1 aromatic heterocycles. The minimum atomic E-state index is -1.28. The molecule has 10 heteroatoms. The van der Waals surface area contributed by atoms with Gasteiger partial charge in [-0.2, -0.15) is 0 Å². The van der Waals surface area contributed by atoms with Crippen molar-refractivity contribution in [1.82, 2.24) is 4.57 Å². The van der Waals surface area contributed by atoms with E-state index in [0.29, 0.717) is 37.7 Å². The Bertz CT molecular complexity index is 1550. The molecule has 1 atom stereocenters. The summed E-state index contributed by atoms with van der Waals surface area (Å²) in [7, 11) is 3.03. The van der Waals surface area contributed by atoms with Gasteiger partial charge < -0.3 is 24.1 Å². The van der Waals surface area contributed by atoms with E-state index >= 15 is 0 Å². The van der Waals surface area contributed by atoms with Crippen molar-refractivity contribution in [2.24, 2.45) is 4.99 Å². The smallest absolute Gasteiger partial charge is 0.338 e. The van der Waals surface area contributed by atoms with Gasteiger partial charge >= 0.3 is 5.97 Å². The van der Waals surface area contributed by atoms with Crippen molar-refractivity contribution in [2.75, 3.05) is 20.8 Å². The number of methoxy groups -OCH3 is 2. The molecule has 2 aromatic carbocycles. The van der Waals surface area contributed by atoms with Gasteiger partial charge in [0.05, 0.1) is 42.6 Å². The SMILES string of the molecule is CCOC(=O)C1=C(C)N=c2s/c(=C\c3ccc(C(=O)[O-])cc3)c(=O)n2[C@@H]1c1ccc(OC)cc1OC. The first-order valence-corrected chi connectivity index (χ1v) is 11.8. The molecule has 9 nitrogen and oxygen atoms in total. The van der Waals surface area contributed by atoms with Crippen LogP contribution in [0.1, 0.15) is 41.4 Å². The highest BCUT2D eigenvalue weighted by Crippen LogP contribution is 2.37. The van der Waals surface area contributed by atoms with Crippen molar-refractivity contribution in [3.05, 3.63) is 90.1 Å². The Labute approximate surface area is 210 Å². The second-order valence-electron chi connectivity index (χ2n) is 7.82. The molecule has 186 valence electrons. The fourth-order valence-electron chi connectivity index (χ4n) is 4.00. The molecule has 0 saturated carbocycles. The Hall–Kier alpha value is -4.18. The van der Waals surface area contributed by atoms with Gasteiger partial charge in [0, 0.05) is 11.6 Å². The number of aromatic carboxylic acids is 1. The van der Waals surface area contributed by atoms with Crippen molar-refractivity contribution in [1.29, 1.82) is 0 Å². The lowest BCUT2D eigenvalue weighted by Gasteiger charge is -2.26. The van der Waals surface area contributed by atoms with E-state index in [1.807, 2.05) is 0 Å².